The minimum Gasteiger partial charge on any atom is -0.396 e. The van der Waals surface area contributed by atoms with Crippen LogP contribution in [0.1, 0.15) is 19.3 Å². The highest BCUT2D eigenvalue weighted by Gasteiger charge is 2.00. The zero-order valence-corrected chi connectivity index (χ0v) is 9.04. The predicted molar refractivity (Wildman–Crippen MR) is 58.7 cm³/mol. The van der Waals surface area contributed by atoms with E-state index in [2.05, 4.69) is 20.3 Å². The summed E-state index contributed by atoms with van der Waals surface area (Å²) in [6.45, 7) is 0.949. The van der Waals surface area contributed by atoms with Crippen molar-refractivity contribution in [1.82, 2.24) is 15.0 Å². The van der Waals surface area contributed by atoms with E-state index in [9.17, 15) is 0 Å². The fourth-order valence-electron chi connectivity index (χ4n) is 1.06. The van der Waals surface area contributed by atoms with Gasteiger partial charge in [0.15, 0.2) is 0 Å². The largest absolute Gasteiger partial charge is 0.396 e. The number of rotatable bonds is 6. The summed E-state index contributed by atoms with van der Waals surface area (Å²) in [5.41, 5.74) is 5.39. The Morgan fingerprint density at radius 1 is 1.20 bits per heavy atom. The molecule has 7 heteroatoms. The van der Waals surface area contributed by atoms with Gasteiger partial charge in [-0.2, -0.15) is 15.0 Å². The van der Waals surface area contributed by atoms with Crippen LogP contribution in [0.5, 0.6) is 0 Å². The molecule has 84 valence electrons. The van der Waals surface area contributed by atoms with Crippen molar-refractivity contribution in [1.29, 1.82) is 0 Å². The third kappa shape index (κ3) is 4.75. The van der Waals surface area contributed by atoms with Crippen LogP contribution < -0.4 is 11.1 Å². The van der Waals surface area contributed by atoms with Gasteiger partial charge in [-0.25, -0.2) is 0 Å². The van der Waals surface area contributed by atoms with E-state index in [0.29, 0.717) is 5.95 Å². The molecule has 0 saturated heterocycles. The number of nitrogens with two attached hydrogens (primary N) is 1. The average molecular weight is 232 g/mol. The van der Waals surface area contributed by atoms with E-state index in [1.807, 2.05) is 0 Å². The molecule has 0 aromatic carbocycles. The van der Waals surface area contributed by atoms with Gasteiger partial charge in [-0.3, -0.25) is 0 Å². The van der Waals surface area contributed by atoms with Crippen LogP contribution in [0, 0.1) is 0 Å². The monoisotopic (exact) mass is 231 g/mol. The molecule has 0 atom stereocenters. The molecule has 15 heavy (non-hydrogen) atoms. The molecule has 0 aliphatic rings. The first kappa shape index (κ1) is 11.9. The van der Waals surface area contributed by atoms with Gasteiger partial charge >= 0.3 is 0 Å². The molecule has 0 spiro atoms. The van der Waals surface area contributed by atoms with E-state index < -0.39 is 0 Å². The first-order valence-electron chi connectivity index (χ1n) is 4.74. The number of aromatic nitrogens is 3. The third-order valence-electron chi connectivity index (χ3n) is 1.74. The van der Waals surface area contributed by atoms with Crippen molar-refractivity contribution in [3.05, 3.63) is 5.28 Å². The first-order chi connectivity index (χ1) is 7.22. The molecule has 1 aromatic heterocycles. The highest BCUT2D eigenvalue weighted by atomic mass is 35.5. The number of aliphatic hydroxyl groups is 1. The Bertz CT molecular complexity index is 289. The number of nitrogen functional groups attached to an aromatic ring is 1. The number of halogens is 1. The Kier molecular flexibility index (Phi) is 5.06. The summed E-state index contributed by atoms with van der Waals surface area (Å²) in [6, 6.07) is 0. The van der Waals surface area contributed by atoms with Crippen molar-refractivity contribution in [2.24, 2.45) is 0 Å². The highest BCUT2D eigenvalue weighted by Crippen LogP contribution is 2.06. The van der Waals surface area contributed by atoms with Crippen LogP contribution >= 0.6 is 11.6 Å². The molecule has 1 heterocycles. The quantitative estimate of drug-likeness (QED) is 0.623. The molecule has 0 aliphatic carbocycles. The van der Waals surface area contributed by atoms with E-state index in [1.54, 1.807) is 0 Å². The number of nitrogens with one attached hydrogen (secondary N) is 1. The summed E-state index contributed by atoms with van der Waals surface area (Å²) in [5, 5.41) is 11.6. The summed E-state index contributed by atoms with van der Waals surface area (Å²) < 4.78 is 0. The number of hydrogen-bond acceptors (Lipinski definition) is 6. The number of aliphatic hydroxyl groups excluding tert-OH is 1. The van der Waals surface area contributed by atoms with Gasteiger partial charge in [0.2, 0.25) is 17.2 Å². The van der Waals surface area contributed by atoms with Crippen LogP contribution in [0.15, 0.2) is 0 Å². The Balaban J connectivity index is 2.31. The molecule has 0 radical (unpaired) electrons. The van der Waals surface area contributed by atoms with Crippen molar-refractivity contribution < 1.29 is 5.11 Å². The second-order valence-corrected chi connectivity index (χ2v) is 3.34. The Hall–Kier alpha value is -1.14. The molecule has 0 unspecified atom stereocenters. The van der Waals surface area contributed by atoms with Crippen molar-refractivity contribution in [3.63, 3.8) is 0 Å². The van der Waals surface area contributed by atoms with Gasteiger partial charge in [0.25, 0.3) is 0 Å². The number of unbranched alkanes of at least 4 members (excludes halogenated alkanes) is 2. The zero-order valence-electron chi connectivity index (χ0n) is 8.28. The van der Waals surface area contributed by atoms with Crippen molar-refractivity contribution in [3.8, 4) is 0 Å². The summed E-state index contributed by atoms with van der Waals surface area (Å²) in [5.74, 6) is 0.490. The molecule has 0 saturated carbocycles. The lowest BCUT2D eigenvalue weighted by Gasteiger charge is -2.04. The zero-order chi connectivity index (χ0) is 11.1. The molecule has 0 fully saturated rings. The second kappa shape index (κ2) is 6.36. The number of nitrogens with zero attached hydrogens (tertiary/aromatic N) is 3. The lowest BCUT2D eigenvalue weighted by atomic mass is 10.2. The first-order valence-corrected chi connectivity index (χ1v) is 5.12. The van der Waals surface area contributed by atoms with E-state index in [-0.39, 0.29) is 17.8 Å². The summed E-state index contributed by atoms with van der Waals surface area (Å²) in [7, 11) is 0. The van der Waals surface area contributed by atoms with Crippen LogP contribution in [0.4, 0.5) is 11.9 Å². The maximum atomic E-state index is 8.57. The van der Waals surface area contributed by atoms with Crippen LogP contribution in [-0.4, -0.2) is 33.2 Å². The molecule has 1 rings (SSSR count). The van der Waals surface area contributed by atoms with Gasteiger partial charge in [-0.15, -0.1) is 0 Å². The average Bonchev–Trinajstić information content (AvgIpc) is 2.16. The predicted octanol–water partition coefficient (Wildman–Crippen LogP) is 0.682. The van der Waals surface area contributed by atoms with Gasteiger partial charge in [0, 0.05) is 13.2 Å². The second-order valence-electron chi connectivity index (χ2n) is 3.00. The van der Waals surface area contributed by atoms with Gasteiger partial charge in [0.05, 0.1) is 0 Å². The molecular formula is C8H14ClN5O. The normalized spacial score (nSPS) is 10.3. The Morgan fingerprint density at radius 2 is 2.00 bits per heavy atom. The van der Waals surface area contributed by atoms with Crippen molar-refractivity contribution in [2.75, 3.05) is 24.2 Å². The van der Waals surface area contributed by atoms with Gasteiger partial charge in [-0.1, -0.05) is 0 Å². The van der Waals surface area contributed by atoms with Crippen LogP contribution in [0.2, 0.25) is 5.28 Å². The molecule has 0 bridgehead atoms. The SMILES string of the molecule is Nc1nc(Cl)nc(NCCCCCO)n1. The topological polar surface area (TPSA) is 97.0 Å². The summed E-state index contributed by atoms with van der Waals surface area (Å²) >= 11 is 5.60. The van der Waals surface area contributed by atoms with E-state index >= 15 is 0 Å². The highest BCUT2D eigenvalue weighted by molar-refractivity contribution is 6.28. The van der Waals surface area contributed by atoms with Crippen LogP contribution in [0.3, 0.4) is 0 Å². The molecular weight excluding hydrogens is 218 g/mol. The maximum Gasteiger partial charge on any atom is 0.228 e. The van der Waals surface area contributed by atoms with E-state index in [4.69, 9.17) is 22.4 Å². The Morgan fingerprint density at radius 3 is 2.67 bits per heavy atom. The minimum absolute atomic E-state index is 0.0837. The van der Waals surface area contributed by atoms with Gasteiger partial charge < -0.3 is 16.2 Å². The summed E-state index contributed by atoms with van der Waals surface area (Å²) in [6.07, 6.45) is 2.70. The smallest absolute Gasteiger partial charge is 0.228 e. The molecule has 6 nitrogen and oxygen atoms in total. The molecule has 0 amide bonds. The lowest BCUT2D eigenvalue weighted by Crippen LogP contribution is -2.08. The molecule has 1 aromatic rings. The van der Waals surface area contributed by atoms with Crippen molar-refractivity contribution >= 4 is 23.5 Å². The number of hydrogen-bond donors (Lipinski definition) is 3. The maximum absolute atomic E-state index is 8.57. The molecule has 4 N–H and O–H groups in total. The molecule has 0 aliphatic heterocycles. The van der Waals surface area contributed by atoms with Crippen LogP contribution in [0.25, 0.3) is 0 Å². The standard InChI is InChI=1S/C8H14ClN5O/c9-6-12-7(10)14-8(13-6)11-4-2-1-3-5-15/h15H,1-5H2,(H3,10,11,12,13,14). The van der Waals surface area contributed by atoms with Gasteiger partial charge in [0.1, 0.15) is 0 Å². The Labute approximate surface area is 92.9 Å². The van der Waals surface area contributed by atoms with Crippen molar-refractivity contribution in [2.45, 2.75) is 19.3 Å². The van der Waals surface area contributed by atoms with E-state index in [1.165, 1.54) is 0 Å². The third-order valence-corrected chi connectivity index (χ3v) is 1.91. The minimum atomic E-state index is 0.0837. The van der Waals surface area contributed by atoms with Gasteiger partial charge in [-0.05, 0) is 30.9 Å². The summed E-state index contributed by atoms with van der Waals surface area (Å²) in [4.78, 5) is 11.4. The fourth-order valence-corrected chi connectivity index (χ4v) is 1.22. The van der Waals surface area contributed by atoms with Crippen LogP contribution in [-0.2, 0) is 0 Å². The lowest BCUT2D eigenvalue weighted by molar-refractivity contribution is 0.283. The fraction of sp³-hybridized carbons (Fsp3) is 0.625. The number of anilines is 2. The van der Waals surface area contributed by atoms with E-state index in [0.717, 1.165) is 25.8 Å².